The molecule has 10 heterocycles. The van der Waals surface area contributed by atoms with Crippen molar-refractivity contribution in [3.63, 3.8) is 0 Å². The third-order valence-electron chi connectivity index (χ3n) is 16.5. The van der Waals surface area contributed by atoms with Gasteiger partial charge >= 0.3 is 112 Å². The third-order valence-corrected chi connectivity index (χ3v) is 59.2. The first-order chi connectivity index (χ1) is 10.0. The minimum atomic E-state index is -3.65. The topological polar surface area (TPSA) is 55.1 Å². The first-order valence-electron chi connectivity index (χ1n) is 8.29. The molecule has 4 heteroatoms. The number of carbonyl (C=O) groups is 1. The first-order valence-corrected chi connectivity index (χ1v) is 14.5. The molecule has 3 nitrogen and oxygen atoms in total. The maximum atomic E-state index is 12.9. The van der Waals surface area contributed by atoms with Gasteiger partial charge in [-0.3, -0.25) is 0 Å². The van der Waals surface area contributed by atoms with E-state index in [9.17, 15) is 4.79 Å². The van der Waals surface area contributed by atoms with Gasteiger partial charge in [-0.05, 0) is 0 Å². The van der Waals surface area contributed by atoms with Gasteiger partial charge in [0.1, 0.15) is 0 Å². The number of hydrogen-bond acceptors (Lipinski definition) is 2. The molecule has 3 N–H and O–H groups in total. The fourth-order valence-electron chi connectivity index (χ4n) is 18.8. The monoisotopic (exact) mass is 320 g/mol. The van der Waals surface area contributed by atoms with Crippen molar-refractivity contribution in [3.05, 3.63) is 35.9 Å². The maximum absolute atomic E-state index is 12.9. The van der Waals surface area contributed by atoms with Gasteiger partial charge in [-0.1, -0.05) is 0 Å². The normalized spacial score (nSPS) is 102. The number of nitrogens with one attached hydrogen (secondary N) is 1. The predicted octanol–water partition coefficient (Wildman–Crippen LogP) is 2.84. The summed E-state index contributed by atoms with van der Waals surface area (Å²) in [5.41, 5.74) is 4.32. The molecule has 1 aromatic rings. The van der Waals surface area contributed by atoms with Crippen LogP contribution in [0, 0.1) is 0 Å². The standard InChI is InChI=1S/C12H11N2O.C5H5.Fe/c13-14-12(15)11-7-6-10(8-11)9-4-2-1-3-5-9;1-2-4-5-3-1;/h1-8H,13H2,(H,14,15);1-5H;. The van der Waals surface area contributed by atoms with Crippen molar-refractivity contribution in [2.75, 3.05) is 0 Å². The Morgan fingerprint density at radius 1 is 1.05 bits per heavy atom. The molecule has 10 fully saturated rings. The molecule has 21 heavy (non-hydrogen) atoms. The molecule has 5 unspecified atom stereocenters. The quantitative estimate of drug-likeness (QED) is 0.381. The molecule has 0 aliphatic carbocycles. The molecule has 0 bridgehead atoms. The third kappa shape index (κ3) is 0.0925. The fourth-order valence-corrected chi connectivity index (χ4v) is 94.5. The number of nitrogens with two attached hydrogens (primary N) is 1. The zero-order chi connectivity index (χ0) is 13.3. The van der Waals surface area contributed by atoms with Gasteiger partial charge in [-0.15, -0.1) is 0 Å². The molecular formula is C17H16FeN2O. The van der Waals surface area contributed by atoms with E-state index in [1.165, 1.54) is 0 Å². The Hall–Kier alpha value is -0.831. The number of benzene rings is 1. The Kier molecular flexibility index (Phi) is 0.289. The summed E-state index contributed by atoms with van der Waals surface area (Å²) in [5, 5.41) is 0. The fraction of sp³-hybridized carbons (Fsp3) is 0.588. The molecule has 10 saturated heterocycles. The molecule has 108 valence electrons. The molecule has 5 atom stereocenters. The van der Waals surface area contributed by atoms with Crippen molar-refractivity contribution < 1.29 is 11.3 Å². The zero-order valence-electron chi connectivity index (χ0n) is 11.3. The molecule has 1 spiro atoms. The molecule has 10 aliphatic heterocycles. The first kappa shape index (κ1) is 8.14. The number of rotatable bonds is 2. The van der Waals surface area contributed by atoms with Crippen LogP contribution >= 0.6 is 0 Å². The van der Waals surface area contributed by atoms with Crippen LogP contribution in [0.5, 0.6) is 0 Å². The van der Waals surface area contributed by atoms with Crippen LogP contribution in [0.3, 0.4) is 0 Å². The Balaban J connectivity index is 1.50. The second-order valence-corrected chi connectivity index (χ2v) is 34.8. The summed E-state index contributed by atoms with van der Waals surface area (Å²) in [5.74, 6) is 5.99. The van der Waals surface area contributed by atoms with E-state index < -0.39 is 6.51 Å². The second kappa shape index (κ2) is 0.745. The summed E-state index contributed by atoms with van der Waals surface area (Å²) >= 11 is 0. The van der Waals surface area contributed by atoms with Gasteiger partial charge in [0.05, 0.1) is 0 Å². The predicted molar refractivity (Wildman–Crippen MR) is 73.1 cm³/mol. The molecule has 0 aromatic heterocycles. The molecule has 1 aromatic carbocycles. The van der Waals surface area contributed by atoms with Gasteiger partial charge in [0.2, 0.25) is 0 Å². The SMILES string of the molecule is NNC(=O)[C]12[CH]3[CH]4[C]5(c6ccccc6)[CH]1[Fe]34251678[CH]2[CH]1[CH]6[CH]7[CH]28. The van der Waals surface area contributed by atoms with E-state index in [-0.39, 0.29) is 4.31 Å². The van der Waals surface area contributed by atoms with Crippen molar-refractivity contribution >= 4 is 5.91 Å². The summed E-state index contributed by atoms with van der Waals surface area (Å²) in [4.78, 5) is 21.4. The van der Waals surface area contributed by atoms with Gasteiger partial charge in [0.15, 0.2) is 0 Å². The number of hydrogen-bond donors (Lipinski definition) is 2. The van der Waals surface area contributed by atoms with Gasteiger partial charge < -0.3 is 0 Å². The number of hydrazine groups is 1. The summed E-state index contributed by atoms with van der Waals surface area (Å²) in [6.07, 6.45) is 0. The van der Waals surface area contributed by atoms with E-state index in [4.69, 9.17) is 5.84 Å². The number of fused-ring (bicyclic) bond motifs is 10. The Morgan fingerprint density at radius 3 is 2.14 bits per heavy atom. The van der Waals surface area contributed by atoms with Crippen molar-refractivity contribution in [1.82, 2.24) is 5.43 Å². The van der Waals surface area contributed by atoms with Crippen molar-refractivity contribution in [1.29, 1.82) is 0 Å². The van der Waals surface area contributed by atoms with E-state index in [1.54, 1.807) is 5.56 Å². The average Bonchev–Trinajstić information content (AvgIpc) is 3.47. The van der Waals surface area contributed by atoms with Crippen LogP contribution < -0.4 is 11.3 Å². The van der Waals surface area contributed by atoms with E-state index in [1.807, 2.05) is 0 Å². The van der Waals surface area contributed by atoms with Crippen LogP contribution in [0.1, 0.15) is 5.56 Å². The summed E-state index contributed by atoms with van der Waals surface area (Å²) < 4.78 is 0.807. The summed E-state index contributed by atoms with van der Waals surface area (Å²) in [6, 6.07) is 11.4. The summed E-state index contributed by atoms with van der Waals surface area (Å²) in [7, 11) is 0. The molecule has 11 rings (SSSR count). The van der Waals surface area contributed by atoms with E-state index >= 15 is 0 Å². The second-order valence-electron chi connectivity index (χ2n) is 11.6. The molecule has 0 saturated carbocycles. The summed E-state index contributed by atoms with van der Waals surface area (Å²) in [6.45, 7) is -3.65. The average molecular weight is 320 g/mol. The molecular weight excluding hydrogens is 304 g/mol. The number of carbonyl (C=O) groups excluding carboxylic acids is 1. The Labute approximate surface area is 111 Å². The van der Waals surface area contributed by atoms with E-state index in [0.29, 0.717) is 10.2 Å². The van der Waals surface area contributed by atoms with Crippen molar-refractivity contribution in [3.8, 4) is 0 Å². The van der Waals surface area contributed by atoms with Crippen molar-refractivity contribution in [2.45, 2.75) is 47.2 Å². The van der Waals surface area contributed by atoms with Crippen LogP contribution in [0.4, 0.5) is 0 Å². The Morgan fingerprint density at radius 2 is 1.67 bits per heavy atom. The van der Waals surface area contributed by atoms with Gasteiger partial charge in [0, 0.05) is 0 Å². The van der Waals surface area contributed by atoms with Gasteiger partial charge in [-0.25, -0.2) is 0 Å². The van der Waals surface area contributed by atoms with Crippen LogP contribution in [0.25, 0.3) is 0 Å². The van der Waals surface area contributed by atoms with Gasteiger partial charge in [0.25, 0.3) is 0 Å². The molecule has 1 amide bonds. The van der Waals surface area contributed by atoms with Gasteiger partial charge in [-0.2, -0.15) is 0 Å². The molecule has 0 radical (unpaired) electrons. The molecule has 10 aliphatic rings. The van der Waals surface area contributed by atoms with Crippen LogP contribution in [0.2, 0.25) is 42.8 Å². The minimum absolute atomic E-state index is 0.193. The number of amides is 1. The van der Waals surface area contributed by atoms with Crippen molar-refractivity contribution in [2.24, 2.45) is 5.84 Å². The van der Waals surface area contributed by atoms with Crippen LogP contribution in [-0.4, -0.2) is 5.91 Å². The van der Waals surface area contributed by atoms with Crippen LogP contribution in [-0.2, 0) is 15.6 Å². The zero-order valence-corrected chi connectivity index (χ0v) is 12.4. The van der Waals surface area contributed by atoms with E-state index in [0.717, 1.165) is 38.5 Å². The van der Waals surface area contributed by atoms with E-state index in [2.05, 4.69) is 35.8 Å². The van der Waals surface area contributed by atoms with Crippen LogP contribution in [0.15, 0.2) is 30.3 Å². The Bertz CT molecular complexity index is 1290.